The minimum atomic E-state index is -1.36. The molecule has 1 saturated heterocycles. The predicted octanol–water partition coefficient (Wildman–Crippen LogP) is 2.12. The Morgan fingerprint density at radius 3 is 2.57 bits per heavy atom. The normalized spacial score (nSPS) is 17.6. The van der Waals surface area contributed by atoms with Crippen LogP contribution < -0.4 is 0 Å². The number of hydrogen-bond donors (Lipinski definition) is 0. The van der Waals surface area contributed by atoms with Crippen LogP contribution in [0.3, 0.4) is 0 Å². The first-order chi connectivity index (χ1) is 9.71. The van der Waals surface area contributed by atoms with Crippen LogP contribution in [-0.4, -0.2) is 41.0 Å². The SMILES string of the molecule is CC1(C)CN(C(=O)c2cc(F)c(F)cc2[N+](=O)[O-])CCO1. The Balaban J connectivity index is 2.39. The summed E-state index contributed by atoms with van der Waals surface area (Å²) in [4.78, 5) is 23.7. The molecule has 2 rings (SSSR count). The number of rotatable bonds is 2. The Bertz CT molecular complexity index is 604. The highest BCUT2D eigenvalue weighted by atomic mass is 19.2. The molecular formula is C13H14F2N2O4. The van der Waals surface area contributed by atoms with E-state index in [-0.39, 0.29) is 19.7 Å². The van der Waals surface area contributed by atoms with Gasteiger partial charge in [0.1, 0.15) is 5.56 Å². The zero-order chi connectivity index (χ0) is 15.8. The van der Waals surface area contributed by atoms with E-state index >= 15 is 0 Å². The van der Waals surface area contributed by atoms with Crippen molar-refractivity contribution in [2.75, 3.05) is 19.7 Å². The molecule has 114 valence electrons. The Labute approximate surface area is 119 Å². The fourth-order valence-electron chi connectivity index (χ4n) is 2.22. The molecule has 21 heavy (non-hydrogen) atoms. The van der Waals surface area contributed by atoms with Gasteiger partial charge in [-0.15, -0.1) is 0 Å². The lowest BCUT2D eigenvalue weighted by Gasteiger charge is -2.38. The van der Waals surface area contributed by atoms with Gasteiger partial charge in [0.2, 0.25) is 0 Å². The fourth-order valence-corrected chi connectivity index (χ4v) is 2.22. The molecule has 0 radical (unpaired) electrons. The first kappa shape index (κ1) is 15.3. The van der Waals surface area contributed by atoms with Crippen LogP contribution in [0.4, 0.5) is 14.5 Å². The zero-order valence-electron chi connectivity index (χ0n) is 11.6. The summed E-state index contributed by atoms with van der Waals surface area (Å²) in [5, 5.41) is 10.9. The summed E-state index contributed by atoms with van der Waals surface area (Å²) < 4.78 is 31.9. The van der Waals surface area contributed by atoms with E-state index in [0.29, 0.717) is 12.1 Å². The lowest BCUT2D eigenvalue weighted by Crippen LogP contribution is -2.50. The summed E-state index contributed by atoms with van der Waals surface area (Å²) in [5.74, 6) is -3.37. The lowest BCUT2D eigenvalue weighted by atomic mass is 10.1. The Hall–Kier alpha value is -2.09. The number of halogens is 2. The number of nitrogens with zero attached hydrogens (tertiary/aromatic N) is 2. The van der Waals surface area contributed by atoms with E-state index in [9.17, 15) is 23.7 Å². The number of ether oxygens (including phenoxy) is 1. The second kappa shape index (κ2) is 5.36. The highest BCUT2D eigenvalue weighted by Crippen LogP contribution is 2.26. The summed E-state index contributed by atoms with van der Waals surface area (Å²) in [5.41, 5.74) is -1.80. The van der Waals surface area contributed by atoms with Crippen molar-refractivity contribution < 1.29 is 23.2 Å². The van der Waals surface area contributed by atoms with E-state index in [4.69, 9.17) is 4.74 Å². The van der Waals surface area contributed by atoms with Gasteiger partial charge in [0.15, 0.2) is 11.6 Å². The van der Waals surface area contributed by atoms with Crippen LogP contribution in [-0.2, 0) is 4.74 Å². The van der Waals surface area contributed by atoms with Gasteiger partial charge in [-0.05, 0) is 19.9 Å². The predicted molar refractivity (Wildman–Crippen MR) is 68.9 cm³/mol. The molecule has 1 aromatic rings. The van der Waals surface area contributed by atoms with Gasteiger partial charge in [-0.2, -0.15) is 0 Å². The van der Waals surface area contributed by atoms with E-state index in [1.165, 1.54) is 4.90 Å². The first-order valence-electron chi connectivity index (χ1n) is 6.28. The molecule has 1 heterocycles. The maximum Gasteiger partial charge on any atom is 0.285 e. The average molecular weight is 300 g/mol. The van der Waals surface area contributed by atoms with Crippen molar-refractivity contribution in [2.45, 2.75) is 19.4 Å². The highest BCUT2D eigenvalue weighted by molar-refractivity contribution is 5.98. The Kier molecular flexibility index (Phi) is 3.91. The molecule has 6 nitrogen and oxygen atoms in total. The van der Waals surface area contributed by atoms with E-state index < -0.39 is 39.3 Å². The van der Waals surface area contributed by atoms with Crippen LogP contribution in [0.5, 0.6) is 0 Å². The third-order valence-corrected chi connectivity index (χ3v) is 3.18. The lowest BCUT2D eigenvalue weighted by molar-refractivity contribution is -0.385. The summed E-state index contributed by atoms with van der Waals surface area (Å²) >= 11 is 0. The van der Waals surface area contributed by atoms with Crippen molar-refractivity contribution in [3.8, 4) is 0 Å². The topological polar surface area (TPSA) is 72.7 Å². The van der Waals surface area contributed by atoms with E-state index in [2.05, 4.69) is 0 Å². The van der Waals surface area contributed by atoms with Crippen LogP contribution in [0.25, 0.3) is 0 Å². The third-order valence-electron chi connectivity index (χ3n) is 3.18. The Morgan fingerprint density at radius 1 is 1.38 bits per heavy atom. The molecule has 0 atom stereocenters. The first-order valence-corrected chi connectivity index (χ1v) is 6.28. The number of hydrogen-bond acceptors (Lipinski definition) is 4. The van der Waals surface area contributed by atoms with E-state index in [1.807, 2.05) is 0 Å². The summed E-state index contributed by atoms with van der Waals surface area (Å²) in [6, 6.07) is 0.992. The molecule has 0 aromatic heterocycles. The molecule has 1 aliphatic rings. The quantitative estimate of drug-likeness (QED) is 0.619. The molecule has 0 N–H and O–H groups in total. The van der Waals surface area contributed by atoms with Crippen molar-refractivity contribution in [2.24, 2.45) is 0 Å². The second-order valence-electron chi connectivity index (χ2n) is 5.38. The smallest absolute Gasteiger partial charge is 0.285 e. The molecule has 0 unspecified atom stereocenters. The second-order valence-corrected chi connectivity index (χ2v) is 5.38. The van der Waals surface area contributed by atoms with E-state index in [0.717, 1.165) is 0 Å². The van der Waals surface area contributed by atoms with Gasteiger partial charge in [-0.3, -0.25) is 14.9 Å². The number of benzene rings is 1. The number of nitro groups is 1. The van der Waals surface area contributed by atoms with Crippen molar-refractivity contribution in [3.63, 3.8) is 0 Å². The zero-order valence-corrected chi connectivity index (χ0v) is 11.6. The van der Waals surface area contributed by atoms with Crippen molar-refractivity contribution >= 4 is 11.6 Å². The monoisotopic (exact) mass is 300 g/mol. The molecule has 1 fully saturated rings. The van der Waals surface area contributed by atoms with Crippen molar-refractivity contribution in [1.82, 2.24) is 4.90 Å². The van der Waals surface area contributed by atoms with Gasteiger partial charge in [0.25, 0.3) is 11.6 Å². The molecule has 1 aromatic carbocycles. The highest BCUT2D eigenvalue weighted by Gasteiger charge is 2.33. The van der Waals surface area contributed by atoms with Gasteiger partial charge in [-0.1, -0.05) is 0 Å². The van der Waals surface area contributed by atoms with Crippen molar-refractivity contribution in [1.29, 1.82) is 0 Å². The van der Waals surface area contributed by atoms with Gasteiger partial charge >= 0.3 is 0 Å². The fraction of sp³-hybridized carbons (Fsp3) is 0.462. The van der Waals surface area contributed by atoms with Crippen LogP contribution >= 0.6 is 0 Å². The molecular weight excluding hydrogens is 286 g/mol. The molecule has 1 aliphatic heterocycles. The Morgan fingerprint density at radius 2 is 2.00 bits per heavy atom. The number of nitro benzene ring substituents is 1. The maximum absolute atomic E-state index is 13.3. The standard InChI is InChI=1S/C13H14F2N2O4/c1-13(2)7-16(3-4-21-13)12(18)8-5-9(14)10(15)6-11(8)17(19)20/h5-6H,3-4,7H2,1-2H3. The maximum atomic E-state index is 13.3. The summed E-state index contributed by atoms with van der Waals surface area (Å²) in [6.45, 7) is 4.26. The third kappa shape index (κ3) is 3.15. The van der Waals surface area contributed by atoms with E-state index in [1.54, 1.807) is 13.8 Å². The molecule has 1 amide bonds. The summed E-state index contributed by atoms with van der Waals surface area (Å²) in [6.07, 6.45) is 0. The number of morpholine rings is 1. The van der Waals surface area contributed by atoms with Crippen LogP contribution in [0.2, 0.25) is 0 Å². The number of carbonyl (C=O) groups excluding carboxylic acids is 1. The van der Waals surface area contributed by atoms with Gasteiger partial charge in [0, 0.05) is 13.1 Å². The summed E-state index contributed by atoms with van der Waals surface area (Å²) in [7, 11) is 0. The van der Waals surface area contributed by atoms with Crippen LogP contribution in [0.1, 0.15) is 24.2 Å². The molecule has 8 heteroatoms. The molecule has 0 bridgehead atoms. The number of amides is 1. The molecule has 0 saturated carbocycles. The van der Waals surface area contributed by atoms with Crippen molar-refractivity contribution in [3.05, 3.63) is 39.4 Å². The minimum absolute atomic E-state index is 0.210. The molecule has 0 spiro atoms. The number of carbonyl (C=O) groups is 1. The van der Waals surface area contributed by atoms with Gasteiger partial charge in [-0.25, -0.2) is 8.78 Å². The van der Waals surface area contributed by atoms with Gasteiger partial charge < -0.3 is 9.64 Å². The molecule has 0 aliphatic carbocycles. The minimum Gasteiger partial charge on any atom is -0.372 e. The largest absolute Gasteiger partial charge is 0.372 e. The van der Waals surface area contributed by atoms with Gasteiger partial charge in [0.05, 0.1) is 23.2 Å². The van der Waals surface area contributed by atoms with Crippen LogP contribution in [0, 0.1) is 21.7 Å². The van der Waals surface area contributed by atoms with Crippen LogP contribution in [0.15, 0.2) is 12.1 Å². The average Bonchev–Trinajstić information content (AvgIpc) is 2.39.